The largest absolute Gasteiger partial charge is 0.344 e. The highest BCUT2D eigenvalue weighted by Crippen LogP contribution is 2.10. The minimum absolute atomic E-state index is 0.00223. The number of hydrogen-bond donors (Lipinski definition) is 0. The van der Waals surface area contributed by atoms with E-state index in [1.165, 1.54) is 11.1 Å². The second-order valence-electron chi connectivity index (χ2n) is 4.48. The third-order valence-electron chi connectivity index (χ3n) is 2.82. The zero-order valence-corrected chi connectivity index (χ0v) is 11.5. The van der Waals surface area contributed by atoms with Gasteiger partial charge in [-0.3, -0.25) is 4.79 Å². The lowest BCUT2D eigenvalue weighted by Crippen LogP contribution is -2.31. The Hall–Kier alpha value is -1.02. The molecule has 2 nitrogen and oxygen atoms in total. The van der Waals surface area contributed by atoms with Gasteiger partial charge in [-0.05, 0) is 31.4 Å². The van der Waals surface area contributed by atoms with Gasteiger partial charge in [0.05, 0.1) is 0 Å². The second-order valence-corrected chi connectivity index (χ2v) is 5.23. The van der Waals surface area contributed by atoms with E-state index in [-0.39, 0.29) is 11.3 Å². The molecule has 94 valence electrons. The number of aryl methyl sites for hydroxylation is 2. The third-order valence-corrected chi connectivity index (χ3v) is 2.96. The van der Waals surface area contributed by atoms with Crippen molar-refractivity contribution < 1.29 is 4.79 Å². The van der Waals surface area contributed by atoms with Crippen LogP contribution in [0.4, 0.5) is 0 Å². The summed E-state index contributed by atoms with van der Waals surface area (Å²) < 4.78 is 0. The normalized spacial score (nSPS) is 12.2. The average Bonchev–Trinajstić information content (AvgIpc) is 2.26. The molecule has 0 aromatic heterocycles. The number of hydrogen-bond acceptors (Lipinski definition) is 1. The van der Waals surface area contributed by atoms with Crippen LogP contribution < -0.4 is 0 Å². The van der Waals surface area contributed by atoms with Crippen molar-refractivity contribution in [2.24, 2.45) is 0 Å². The van der Waals surface area contributed by atoms with Crippen LogP contribution in [0.15, 0.2) is 24.3 Å². The van der Waals surface area contributed by atoms with Crippen LogP contribution in [0.2, 0.25) is 0 Å². The molecule has 0 radical (unpaired) electrons. The zero-order valence-electron chi connectivity index (χ0n) is 10.7. The van der Waals surface area contributed by atoms with E-state index >= 15 is 0 Å². The molecule has 3 heteroatoms. The van der Waals surface area contributed by atoms with Crippen LogP contribution in [0.25, 0.3) is 0 Å². The minimum Gasteiger partial charge on any atom is -0.344 e. The molecular weight excluding hydrogens is 234 g/mol. The number of rotatable bonds is 5. The summed E-state index contributed by atoms with van der Waals surface area (Å²) in [6.45, 7) is 4.57. The Kier molecular flexibility index (Phi) is 5.49. The molecule has 0 aliphatic carbocycles. The van der Waals surface area contributed by atoms with Crippen molar-refractivity contribution >= 4 is 17.5 Å². The van der Waals surface area contributed by atoms with Gasteiger partial charge >= 0.3 is 0 Å². The minimum atomic E-state index is 0.00223. The molecule has 0 N–H and O–H groups in total. The number of carbonyl (C=O) groups is 1. The molecule has 17 heavy (non-hydrogen) atoms. The Bertz CT molecular complexity index is 376. The summed E-state index contributed by atoms with van der Waals surface area (Å²) in [5.74, 6) is 0.153. The fraction of sp³-hybridized carbons (Fsp3) is 0.500. The maximum atomic E-state index is 11.8. The highest BCUT2D eigenvalue weighted by atomic mass is 35.5. The van der Waals surface area contributed by atoms with E-state index in [0.29, 0.717) is 13.0 Å². The van der Waals surface area contributed by atoms with Gasteiger partial charge in [-0.2, -0.15) is 0 Å². The van der Waals surface area contributed by atoms with Crippen molar-refractivity contribution in [2.45, 2.75) is 32.1 Å². The van der Waals surface area contributed by atoms with Crippen molar-refractivity contribution in [1.82, 2.24) is 4.90 Å². The van der Waals surface area contributed by atoms with Gasteiger partial charge in [-0.25, -0.2) is 0 Å². The monoisotopic (exact) mass is 253 g/mol. The number of halogens is 1. The molecule has 1 unspecified atom stereocenters. The zero-order chi connectivity index (χ0) is 12.8. The standard InChI is InChI=1S/C14H20ClNO/c1-11-6-4-5-7-13(11)8-9-14(17)16(3)10-12(2)15/h4-7,12H,8-10H2,1-3H3. The molecule has 1 rings (SSSR count). The quantitative estimate of drug-likeness (QED) is 0.739. The fourth-order valence-electron chi connectivity index (χ4n) is 1.80. The van der Waals surface area contributed by atoms with E-state index in [4.69, 9.17) is 11.6 Å². The number of nitrogens with zero attached hydrogens (tertiary/aromatic N) is 1. The van der Waals surface area contributed by atoms with E-state index in [9.17, 15) is 4.79 Å². The average molecular weight is 254 g/mol. The van der Waals surface area contributed by atoms with Crippen molar-refractivity contribution in [1.29, 1.82) is 0 Å². The Morgan fingerprint density at radius 2 is 2.06 bits per heavy atom. The maximum Gasteiger partial charge on any atom is 0.222 e. The van der Waals surface area contributed by atoms with Crippen LogP contribution in [0.3, 0.4) is 0 Å². The van der Waals surface area contributed by atoms with Gasteiger partial charge in [0.2, 0.25) is 5.91 Å². The number of amides is 1. The molecule has 1 atom stereocenters. The molecule has 0 saturated heterocycles. The predicted octanol–water partition coefficient (Wildman–Crippen LogP) is 3.01. The summed E-state index contributed by atoms with van der Waals surface area (Å²) >= 11 is 5.87. The van der Waals surface area contributed by atoms with E-state index in [1.807, 2.05) is 19.1 Å². The Labute approximate surface area is 109 Å². The van der Waals surface area contributed by atoms with Crippen molar-refractivity contribution in [3.63, 3.8) is 0 Å². The van der Waals surface area contributed by atoms with Gasteiger partial charge in [0, 0.05) is 25.4 Å². The van der Waals surface area contributed by atoms with E-state index in [0.717, 1.165) is 6.42 Å². The lowest BCUT2D eigenvalue weighted by Gasteiger charge is -2.18. The van der Waals surface area contributed by atoms with Gasteiger partial charge in [0.25, 0.3) is 0 Å². The highest BCUT2D eigenvalue weighted by molar-refractivity contribution is 6.20. The fourth-order valence-corrected chi connectivity index (χ4v) is 2.01. The molecule has 0 bridgehead atoms. The van der Waals surface area contributed by atoms with Gasteiger partial charge in [0.1, 0.15) is 0 Å². The molecule has 1 aromatic carbocycles. The predicted molar refractivity (Wildman–Crippen MR) is 72.5 cm³/mol. The van der Waals surface area contributed by atoms with E-state index in [1.54, 1.807) is 11.9 Å². The van der Waals surface area contributed by atoms with Crippen LogP contribution in [0.5, 0.6) is 0 Å². The molecule has 0 aliphatic rings. The lowest BCUT2D eigenvalue weighted by molar-refractivity contribution is -0.129. The van der Waals surface area contributed by atoms with Crippen molar-refractivity contribution in [3.8, 4) is 0 Å². The van der Waals surface area contributed by atoms with Crippen LogP contribution in [0, 0.1) is 6.92 Å². The van der Waals surface area contributed by atoms with Crippen LogP contribution in [-0.4, -0.2) is 29.8 Å². The van der Waals surface area contributed by atoms with Gasteiger partial charge in [0.15, 0.2) is 0 Å². The molecule has 1 amide bonds. The first-order valence-electron chi connectivity index (χ1n) is 5.93. The first kappa shape index (κ1) is 14.0. The van der Waals surface area contributed by atoms with Gasteiger partial charge < -0.3 is 4.90 Å². The third kappa shape index (κ3) is 4.78. The Balaban J connectivity index is 2.46. The molecule has 0 saturated carbocycles. The summed E-state index contributed by atoms with van der Waals surface area (Å²) in [6.07, 6.45) is 1.34. The Morgan fingerprint density at radius 3 is 2.65 bits per heavy atom. The highest BCUT2D eigenvalue weighted by Gasteiger charge is 2.11. The molecular formula is C14H20ClNO. The lowest BCUT2D eigenvalue weighted by atomic mass is 10.0. The van der Waals surface area contributed by atoms with E-state index < -0.39 is 0 Å². The van der Waals surface area contributed by atoms with Gasteiger partial charge in [-0.1, -0.05) is 24.3 Å². The number of carbonyl (C=O) groups excluding carboxylic acids is 1. The van der Waals surface area contributed by atoms with Crippen molar-refractivity contribution in [2.75, 3.05) is 13.6 Å². The topological polar surface area (TPSA) is 20.3 Å². The second kappa shape index (κ2) is 6.65. The number of benzene rings is 1. The SMILES string of the molecule is Cc1ccccc1CCC(=O)N(C)CC(C)Cl. The molecule has 0 heterocycles. The summed E-state index contributed by atoms with van der Waals surface area (Å²) in [6, 6.07) is 8.18. The van der Waals surface area contributed by atoms with E-state index in [2.05, 4.69) is 19.1 Å². The van der Waals surface area contributed by atoms with Crippen molar-refractivity contribution in [3.05, 3.63) is 35.4 Å². The Morgan fingerprint density at radius 1 is 1.41 bits per heavy atom. The summed E-state index contributed by atoms with van der Waals surface area (Å²) in [5, 5.41) is 0.00223. The number of alkyl halides is 1. The smallest absolute Gasteiger partial charge is 0.222 e. The molecule has 0 aliphatic heterocycles. The summed E-state index contributed by atoms with van der Waals surface area (Å²) in [5.41, 5.74) is 2.49. The first-order chi connectivity index (χ1) is 8.00. The summed E-state index contributed by atoms with van der Waals surface area (Å²) in [7, 11) is 1.80. The molecule has 0 fully saturated rings. The van der Waals surface area contributed by atoms with Crippen LogP contribution in [0.1, 0.15) is 24.5 Å². The van der Waals surface area contributed by atoms with Gasteiger partial charge in [-0.15, -0.1) is 11.6 Å². The summed E-state index contributed by atoms with van der Waals surface area (Å²) in [4.78, 5) is 13.5. The van der Waals surface area contributed by atoms with Crippen LogP contribution in [-0.2, 0) is 11.2 Å². The molecule has 0 spiro atoms. The maximum absolute atomic E-state index is 11.8. The molecule has 1 aromatic rings. The van der Waals surface area contributed by atoms with Crippen LogP contribution >= 0.6 is 11.6 Å². The first-order valence-corrected chi connectivity index (χ1v) is 6.37.